The van der Waals surface area contributed by atoms with Gasteiger partial charge in [0.25, 0.3) is 0 Å². The fourth-order valence-corrected chi connectivity index (χ4v) is 2.20. The zero-order valence-electron chi connectivity index (χ0n) is 10.6. The first kappa shape index (κ1) is 12.5. The fourth-order valence-electron chi connectivity index (χ4n) is 2.20. The van der Waals surface area contributed by atoms with Gasteiger partial charge in [-0.05, 0) is 25.3 Å². The Hall–Kier alpha value is -0.940. The molecule has 1 atom stereocenters. The molecule has 5 heteroatoms. The summed E-state index contributed by atoms with van der Waals surface area (Å²) in [6.07, 6.45) is 2.25. The Morgan fingerprint density at radius 2 is 2.35 bits per heavy atom. The molecule has 1 aliphatic heterocycles. The van der Waals surface area contributed by atoms with Crippen molar-refractivity contribution in [2.75, 3.05) is 19.7 Å². The maximum absolute atomic E-state index is 9.17. The Balaban J connectivity index is 1.91. The Morgan fingerprint density at radius 1 is 1.53 bits per heavy atom. The van der Waals surface area contributed by atoms with Crippen molar-refractivity contribution < 1.29 is 9.63 Å². The number of hydrogen-bond acceptors (Lipinski definition) is 5. The molecule has 1 saturated heterocycles. The first-order valence-electron chi connectivity index (χ1n) is 6.34. The lowest BCUT2D eigenvalue weighted by atomic mass is 9.99. The van der Waals surface area contributed by atoms with Crippen LogP contribution in [0.15, 0.2) is 4.52 Å². The molecule has 1 aromatic heterocycles. The van der Waals surface area contributed by atoms with Crippen molar-refractivity contribution in [2.24, 2.45) is 5.92 Å². The average molecular weight is 239 g/mol. The van der Waals surface area contributed by atoms with E-state index in [0.29, 0.717) is 24.3 Å². The summed E-state index contributed by atoms with van der Waals surface area (Å²) < 4.78 is 5.23. The minimum Gasteiger partial charge on any atom is -0.396 e. The van der Waals surface area contributed by atoms with Crippen LogP contribution in [0, 0.1) is 5.92 Å². The first-order valence-corrected chi connectivity index (χ1v) is 6.34. The minimum absolute atomic E-state index is 0.275. The molecule has 2 heterocycles. The maximum Gasteiger partial charge on any atom is 0.240 e. The summed E-state index contributed by atoms with van der Waals surface area (Å²) >= 11 is 0. The van der Waals surface area contributed by atoms with Crippen molar-refractivity contribution in [3.63, 3.8) is 0 Å². The van der Waals surface area contributed by atoms with E-state index in [9.17, 15) is 5.11 Å². The largest absolute Gasteiger partial charge is 0.396 e. The fraction of sp³-hybridized carbons (Fsp3) is 0.833. The monoisotopic (exact) mass is 239 g/mol. The van der Waals surface area contributed by atoms with Crippen LogP contribution in [0.2, 0.25) is 0 Å². The van der Waals surface area contributed by atoms with E-state index in [2.05, 4.69) is 28.9 Å². The van der Waals surface area contributed by atoms with Gasteiger partial charge in [-0.3, -0.25) is 4.90 Å². The molecule has 0 saturated carbocycles. The van der Waals surface area contributed by atoms with Gasteiger partial charge in [-0.15, -0.1) is 0 Å². The lowest BCUT2D eigenvalue weighted by molar-refractivity contribution is 0.107. The van der Waals surface area contributed by atoms with Crippen LogP contribution in [-0.4, -0.2) is 39.8 Å². The van der Waals surface area contributed by atoms with Crippen molar-refractivity contribution in [3.05, 3.63) is 11.7 Å². The zero-order valence-corrected chi connectivity index (χ0v) is 10.6. The van der Waals surface area contributed by atoms with Crippen molar-refractivity contribution in [1.82, 2.24) is 15.0 Å². The van der Waals surface area contributed by atoms with E-state index in [1.807, 2.05) is 0 Å². The molecule has 0 unspecified atom stereocenters. The van der Waals surface area contributed by atoms with Crippen molar-refractivity contribution in [2.45, 2.75) is 39.2 Å². The Bertz CT molecular complexity index is 351. The maximum atomic E-state index is 9.17. The molecule has 1 aliphatic rings. The summed E-state index contributed by atoms with van der Waals surface area (Å²) in [7, 11) is 0. The Kier molecular flexibility index (Phi) is 4.12. The third-order valence-corrected chi connectivity index (χ3v) is 3.22. The number of rotatable bonds is 4. The molecular weight excluding hydrogens is 218 g/mol. The third kappa shape index (κ3) is 3.26. The van der Waals surface area contributed by atoms with Crippen LogP contribution >= 0.6 is 0 Å². The van der Waals surface area contributed by atoms with Gasteiger partial charge in [0.2, 0.25) is 5.89 Å². The molecule has 2 rings (SSSR count). The summed E-state index contributed by atoms with van der Waals surface area (Å²) in [4.78, 5) is 6.65. The van der Waals surface area contributed by atoms with Gasteiger partial charge < -0.3 is 9.63 Å². The van der Waals surface area contributed by atoms with Crippen molar-refractivity contribution >= 4 is 0 Å². The number of aromatic nitrogens is 2. The normalized spacial score (nSPS) is 22.2. The number of aliphatic hydroxyl groups is 1. The predicted molar refractivity (Wildman–Crippen MR) is 63.5 cm³/mol. The van der Waals surface area contributed by atoms with Gasteiger partial charge in [0, 0.05) is 19.1 Å². The standard InChI is InChI=1S/C12H21N3O2/c1-9(2)12-13-11(17-14-12)7-15-5-3-4-10(6-15)8-16/h9-10,16H,3-8H2,1-2H3/t10-/m1/s1. The topological polar surface area (TPSA) is 62.4 Å². The van der Waals surface area contributed by atoms with Crippen molar-refractivity contribution in [3.8, 4) is 0 Å². The molecule has 5 nitrogen and oxygen atoms in total. The summed E-state index contributed by atoms with van der Waals surface area (Å²) in [5.41, 5.74) is 0. The highest BCUT2D eigenvalue weighted by molar-refractivity contribution is 4.92. The van der Waals surface area contributed by atoms with Gasteiger partial charge >= 0.3 is 0 Å². The molecule has 1 fully saturated rings. The second-order valence-corrected chi connectivity index (χ2v) is 5.13. The van der Waals surface area contributed by atoms with E-state index < -0.39 is 0 Å². The molecule has 0 aliphatic carbocycles. The highest BCUT2D eigenvalue weighted by Gasteiger charge is 2.21. The van der Waals surface area contributed by atoms with Gasteiger partial charge in [0.05, 0.1) is 6.54 Å². The van der Waals surface area contributed by atoms with Crippen molar-refractivity contribution in [1.29, 1.82) is 0 Å². The summed E-state index contributed by atoms with van der Waals surface area (Å²) in [6.45, 7) is 7.06. The lowest BCUT2D eigenvalue weighted by Gasteiger charge is -2.30. The number of hydrogen-bond donors (Lipinski definition) is 1. The van der Waals surface area contributed by atoms with Crippen LogP contribution in [0.5, 0.6) is 0 Å². The van der Waals surface area contributed by atoms with Crippen LogP contribution in [0.4, 0.5) is 0 Å². The molecule has 1 aromatic rings. The smallest absolute Gasteiger partial charge is 0.240 e. The zero-order chi connectivity index (χ0) is 12.3. The summed E-state index contributed by atoms with van der Waals surface area (Å²) in [6, 6.07) is 0. The van der Waals surface area contributed by atoms with Crippen LogP contribution < -0.4 is 0 Å². The molecule has 0 radical (unpaired) electrons. The van der Waals surface area contributed by atoms with Crippen LogP contribution in [0.3, 0.4) is 0 Å². The SMILES string of the molecule is CC(C)c1noc(CN2CCC[C@@H](CO)C2)n1. The first-order chi connectivity index (χ1) is 8.19. The average Bonchev–Trinajstić information content (AvgIpc) is 2.78. The van der Waals surface area contributed by atoms with Gasteiger partial charge in [0.15, 0.2) is 5.82 Å². The van der Waals surface area contributed by atoms with E-state index >= 15 is 0 Å². The minimum atomic E-state index is 0.275. The van der Waals surface area contributed by atoms with Crippen LogP contribution in [0.25, 0.3) is 0 Å². The molecule has 0 aromatic carbocycles. The highest BCUT2D eigenvalue weighted by atomic mass is 16.5. The van der Waals surface area contributed by atoms with Gasteiger partial charge in [0.1, 0.15) is 0 Å². The molecule has 0 spiro atoms. The van der Waals surface area contributed by atoms with E-state index in [-0.39, 0.29) is 6.61 Å². The Morgan fingerprint density at radius 3 is 3.00 bits per heavy atom. The van der Waals surface area contributed by atoms with Gasteiger partial charge in [-0.25, -0.2) is 0 Å². The van der Waals surface area contributed by atoms with Gasteiger partial charge in [-0.1, -0.05) is 19.0 Å². The third-order valence-electron chi connectivity index (χ3n) is 3.22. The second kappa shape index (κ2) is 5.60. The molecular formula is C12H21N3O2. The van der Waals surface area contributed by atoms with E-state index in [0.717, 1.165) is 31.8 Å². The lowest BCUT2D eigenvalue weighted by Crippen LogP contribution is -2.36. The Labute approximate surface area is 102 Å². The van der Waals surface area contributed by atoms with E-state index in [1.54, 1.807) is 0 Å². The number of aliphatic hydroxyl groups excluding tert-OH is 1. The number of piperidine rings is 1. The molecule has 0 bridgehead atoms. The van der Waals surface area contributed by atoms with Crippen LogP contribution in [-0.2, 0) is 6.54 Å². The molecule has 0 amide bonds. The summed E-state index contributed by atoms with van der Waals surface area (Å²) in [5, 5.41) is 13.1. The van der Waals surface area contributed by atoms with Crippen LogP contribution in [0.1, 0.15) is 44.3 Å². The molecule has 1 N–H and O–H groups in total. The number of likely N-dealkylation sites (tertiary alicyclic amines) is 1. The predicted octanol–water partition coefficient (Wildman–Crippen LogP) is 1.40. The number of nitrogens with zero attached hydrogens (tertiary/aromatic N) is 3. The molecule has 17 heavy (non-hydrogen) atoms. The van der Waals surface area contributed by atoms with E-state index in [4.69, 9.17) is 4.52 Å². The van der Waals surface area contributed by atoms with E-state index in [1.165, 1.54) is 0 Å². The quantitative estimate of drug-likeness (QED) is 0.860. The molecule has 96 valence electrons. The van der Waals surface area contributed by atoms with Gasteiger partial charge in [-0.2, -0.15) is 4.98 Å². The highest BCUT2D eigenvalue weighted by Crippen LogP contribution is 2.18. The second-order valence-electron chi connectivity index (χ2n) is 5.13. The summed E-state index contributed by atoms with van der Waals surface area (Å²) in [5.74, 6) is 2.17.